The van der Waals surface area contributed by atoms with Crippen molar-refractivity contribution in [1.29, 1.82) is 0 Å². The van der Waals surface area contributed by atoms with E-state index >= 15 is 0 Å². The molecule has 2 amide bonds. The van der Waals surface area contributed by atoms with Crippen molar-refractivity contribution in [2.24, 2.45) is 0 Å². The van der Waals surface area contributed by atoms with Crippen LogP contribution < -0.4 is 0 Å². The number of carbonyl (C=O) groups is 2. The molecule has 0 aromatic carbocycles. The molecular weight excluding hydrogens is 823 g/mol. The molecule has 6 nitrogen and oxygen atoms in total. The second-order valence-electron chi connectivity index (χ2n) is 21.2. The van der Waals surface area contributed by atoms with Crippen LogP contribution in [0, 0.1) is 0 Å². The number of hydrogen-bond acceptors (Lipinski definition) is 4. The van der Waals surface area contributed by atoms with Crippen LogP contribution in [0.2, 0.25) is 0 Å². The van der Waals surface area contributed by atoms with E-state index < -0.39 is 0 Å². The first-order valence-electron chi connectivity index (χ1n) is 30.9. The summed E-state index contributed by atoms with van der Waals surface area (Å²) in [6, 6.07) is 0. The maximum atomic E-state index is 13.4. The normalized spacial score (nSPS) is 11.6. The van der Waals surface area contributed by atoms with Crippen molar-refractivity contribution in [2.75, 3.05) is 59.0 Å². The van der Waals surface area contributed by atoms with Crippen molar-refractivity contribution >= 4 is 11.8 Å². The quantitative estimate of drug-likeness (QED) is 0.0570. The van der Waals surface area contributed by atoms with Crippen LogP contribution in [0.25, 0.3) is 0 Å². The molecule has 0 heterocycles. The number of unbranched alkanes of at least 4 members (excludes halogenated alkanes) is 36. The molecule has 67 heavy (non-hydrogen) atoms. The molecule has 0 unspecified atom stereocenters. The van der Waals surface area contributed by atoms with E-state index in [9.17, 15) is 9.59 Å². The Bertz CT molecular complexity index is 867. The molecule has 0 atom stereocenters. The van der Waals surface area contributed by atoms with Crippen molar-refractivity contribution in [2.45, 2.75) is 324 Å². The van der Waals surface area contributed by atoms with Gasteiger partial charge >= 0.3 is 0 Å². The first-order valence-corrected chi connectivity index (χ1v) is 30.9. The van der Waals surface area contributed by atoms with Crippen LogP contribution >= 0.6 is 0 Å². The zero-order valence-electron chi connectivity index (χ0n) is 46.8. The molecule has 0 bridgehead atoms. The minimum atomic E-state index is 0.417. The minimum Gasteiger partial charge on any atom is -0.380 e. The van der Waals surface area contributed by atoms with Crippen LogP contribution in [0.4, 0.5) is 0 Å². The van der Waals surface area contributed by atoms with Gasteiger partial charge in [-0.05, 0) is 70.9 Å². The molecular formula is C61H123N3O3. The lowest BCUT2D eigenvalue weighted by atomic mass is 10.1. The van der Waals surface area contributed by atoms with E-state index in [2.05, 4.69) is 49.3 Å². The Labute approximate surface area is 421 Å². The zero-order chi connectivity index (χ0) is 48.8. The maximum absolute atomic E-state index is 13.4. The molecule has 0 aliphatic rings. The molecule has 0 rings (SSSR count). The predicted molar refractivity (Wildman–Crippen MR) is 297 cm³/mol. The highest BCUT2D eigenvalue weighted by atomic mass is 16.5. The molecule has 400 valence electrons. The topological polar surface area (TPSA) is 53.1 Å². The van der Waals surface area contributed by atoms with E-state index in [-0.39, 0.29) is 0 Å². The van der Waals surface area contributed by atoms with Gasteiger partial charge in [0.1, 0.15) is 0 Å². The molecule has 0 spiro atoms. The second-order valence-corrected chi connectivity index (χ2v) is 21.2. The third-order valence-corrected chi connectivity index (χ3v) is 14.5. The zero-order valence-corrected chi connectivity index (χ0v) is 46.8. The van der Waals surface area contributed by atoms with Gasteiger partial charge in [0.25, 0.3) is 0 Å². The average molecular weight is 947 g/mol. The molecule has 0 fully saturated rings. The molecule has 6 heteroatoms. The van der Waals surface area contributed by atoms with Gasteiger partial charge in [0.2, 0.25) is 11.8 Å². The van der Waals surface area contributed by atoms with Crippen LogP contribution in [-0.4, -0.2) is 85.5 Å². The van der Waals surface area contributed by atoms with Crippen LogP contribution in [0.3, 0.4) is 0 Å². The van der Waals surface area contributed by atoms with Gasteiger partial charge in [-0.1, -0.05) is 253 Å². The Morgan fingerprint density at radius 3 is 0.761 bits per heavy atom. The fourth-order valence-electron chi connectivity index (χ4n) is 9.84. The minimum absolute atomic E-state index is 0.417. The van der Waals surface area contributed by atoms with Crippen molar-refractivity contribution < 1.29 is 14.3 Å². The standard InChI is InChI=1S/C61H123N3O3/c1-6-11-15-19-23-27-37-45-53-63(54-46-38-28-24-20-16-12-7-2)60(65)49-41-33-31-35-43-51-62(57-59-67-58-10-5)52-44-36-32-34-42-50-61(66)64(55-47-39-29-25-21-17-13-8-3)56-48-40-30-26-22-18-14-9-4/h6-59H2,1-5H3. The summed E-state index contributed by atoms with van der Waals surface area (Å²) in [6.45, 7) is 20.3. The molecule has 0 radical (unpaired) electrons. The molecule has 0 aliphatic carbocycles. The Morgan fingerprint density at radius 1 is 0.254 bits per heavy atom. The lowest BCUT2D eigenvalue weighted by molar-refractivity contribution is -0.132. The largest absolute Gasteiger partial charge is 0.380 e. The van der Waals surface area contributed by atoms with E-state index in [0.29, 0.717) is 11.8 Å². The smallest absolute Gasteiger partial charge is 0.222 e. The highest BCUT2D eigenvalue weighted by Crippen LogP contribution is 2.17. The second kappa shape index (κ2) is 55.8. The highest BCUT2D eigenvalue weighted by molar-refractivity contribution is 5.76. The lowest BCUT2D eigenvalue weighted by Crippen LogP contribution is -2.32. The Morgan fingerprint density at radius 2 is 0.493 bits per heavy atom. The van der Waals surface area contributed by atoms with E-state index in [0.717, 1.165) is 91.1 Å². The van der Waals surface area contributed by atoms with Gasteiger partial charge in [-0.3, -0.25) is 9.59 Å². The molecule has 0 aromatic heterocycles. The first kappa shape index (κ1) is 65.9. The van der Waals surface area contributed by atoms with E-state index in [1.165, 1.54) is 257 Å². The number of amides is 2. The number of rotatable bonds is 57. The Kier molecular flexibility index (Phi) is 54.8. The molecule has 0 N–H and O–H groups in total. The van der Waals surface area contributed by atoms with Crippen LogP contribution in [0.15, 0.2) is 0 Å². The van der Waals surface area contributed by atoms with Gasteiger partial charge in [-0.2, -0.15) is 0 Å². The lowest BCUT2D eigenvalue weighted by Gasteiger charge is -2.23. The summed E-state index contributed by atoms with van der Waals surface area (Å²) < 4.78 is 5.92. The van der Waals surface area contributed by atoms with Crippen molar-refractivity contribution in [3.63, 3.8) is 0 Å². The van der Waals surface area contributed by atoms with Crippen molar-refractivity contribution in [3.8, 4) is 0 Å². The molecule has 0 aromatic rings. The van der Waals surface area contributed by atoms with Crippen molar-refractivity contribution in [3.05, 3.63) is 0 Å². The monoisotopic (exact) mass is 946 g/mol. The van der Waals surface area contributed by atoms with E-state index in [1.807, 2.05) is 0 Å². The third-order valence-electron chi connectivity index (χ3n) is 14.5. The summed E-state index contributed by atoms with van der Waals surface area (Å²) in [5.41, 5.74) is 0. The van der Waals surface area contributed by atoms with Crippen molar-refractivity contribution in [1.82, 2.24) is 14.7 Å². The Balaban J connectivity index is 4.61. The summed E-state index contributed by atoms with van der Waals surface area (Å²) in [5.74, 6) is 0.835. The summed E-state index contributed by atoms with van der Waals surface area (Å²) in [6.07, 6.45) is 56.8. The fourth-order valence-corrected chi connectivity index (χ4v) is 9.84. The average Bonchev–Trinajstić information content (AvgIpc) is 3.33. The number of ether oxygens (including phenoxy) is 1. The highest BCUT2D eigenvalue weighted by Gasteiger charge is 2.15. The van der Waals surface area contributed by atoms with Gasteiger partial charge < -0.3 is 19.4 Å². The van der Waals surface area contributed by atoms with Gasteiger partial charge in [0.15, 0.2) is 0 Å². The third kappa shape index (κ3) is 48.3. The van der Waals surface area contributed by atoms with Gasteiger partial charge in [-0.15, -0.1) is 0 Å². The van der Waals surface area contributed by atoms with Crippen LogP contribution in [-0.2, 0) is 14.3 Å². The summed E-state index contributed by atoms with van der Waals surface area (Å²) in [7, 11) is 0. The predicted octanol–water partition coefficient (Wildman–Crippen LogP) is 18.6. The Hall–Kier alpha value is -1.14. The van der Waals surface area contributed by atoms with E-state index in [4.69, 9.17) is 4.74 Å². The summed E-state index contributed by atoms with van der Waals surface area (Å²) in [4.78, 5) is 34.0. The molecule has 0 saturated heterocycles. The van der Waals surface area contributed by atoms with Gasteiger partial charge in [0.05, 0.1) is 6.61 Å². The molecule has 0 saturated carbocycles. The number of nitrogens with zero attached hydrogens (tertiary/aromatic N) is 3. The maximum Gasteiger partial charge on any atom is 0.222 e. The number of hydrogen-bond donors (Lipinski definition) is 0. The molecule has 0 aliphatic heterocycles. The number of carbonyl (C=O) groups excluding carboxylic acids is 2. The first-order chi connectivity index (χ1) is 33.0. The summed E-state index contributed by atoms with van der Waals surface area (Å²) >= 11 is 0. The van der Waals surface area contributed by atoms with Crippen LogP contribution in [0.5, 0.6) is 0 Å². The van der Waals surface area contributed by atoms with E-state index in [1.54, 1.807) is 0 Å². The SMILES string of the molecule is CCCCCCCCCCN(CCCCCCCCCC)C(=O)CCCCCCCN(CCCCCCCC(=O)N(CCCCCCCCCC)CCCCCCCCCC)CCOCCC. The fraction of sp³-hybridized carbons (Fsp3) is 0.967. The van der Waals surface area contributed by atoms with Crippen LogP contribution in [0.1, 0.15) is 324 Å². The van der Waals surface area contributed by atoms with Gasteiger partial charge in [-0.25, -0.2) is 0 Å². The van der Waals surface area contributed by atoms with Gasteiger partial charge in [0, 0.05) is 52.2 Å². The summed E-state index contributed by atoms with van der Waals surface area (Å²) in [5, 5.41) is 0.